The minimum atomic E-state index is -0.953. The molecule has 0 radical (unpaired) electrons. The highest BCUT2D eigenvalue weighted by Gasteiger charge is 2.15. The molecule has 0 aromatic carbocycles. The Kier molecular flexibility index (Phi) is 4.08. The molecule has 0 fully saturated rings. The number of carbonyl (C=O) groups is 1. The van der Waals surface area contributed by atoms with Crippen LogP contribution in [0.15, 0.2) is 16.7 Å². The van der Waals surface area contributed by atoms with Crippen LogP contribution in [0.25, 0.3) is 0 Å². The zero-order chi connectivity index (χ0) is 11.4. The van der Waals surface area contributed by atoms with Crippen molar-refractivity contribution in [3.05, 3.63) is 22.3 Å². The van der Waals surface area contributed by atoms with Crippen molar-refractivity contribution in [2.75, 3.05) is 18.0 Å². The molecule has 15 heavy (non-hydrogen) atoms. The number of carboxylic acids is 1. The zero-order valence-electron chi connectivity index (χ0n) is 8.70. The van der Waals surface area contributed by atoms with Crippen LogP contribution < -0.4 is 4.90 Å². The van der Waals surface area contributed by atoms with Gasteiger partial charge in [0, 0.05) is 23.8 Å². The van der Waals surface area contributed by atoms with E-state index >= 15 is 0 Å². The van der Waals surface area contributed by atoms with E-state index in [1.54, 1.807) is 12.3 Å². The van der Waals surface area contributed by atoms with E-state index in [9.17, 15) is 4.79 Å². The lowest BCUT2D eigenvalue weighted by atomic mass is 10.2. The Morgan fingerprint density at radius 2 is 2.13 bits per heavy atom. The van der Waals surface area contributed by atoms with Crippen molar-refractivity contribution in [3.63, 3.8) is 0 Å². The molecule has 0 saturated heterocycles. The first kappa shape index (κ1) is 12.0. The maximum absolute atomic E-state index is 11.0. The van der Waals surface area contributed by atoms with Crippen molar-refractivity contribution in [2.45, 2.75) is 13.8 Å². The van der Waals surface area contributed by atoms with E-state index in [2.05, 4.69) is 20.9 Å². The van der Waals surface area contributed by atoms with Crippen molar-refractivity contribution in [3.8, 4) is 0 Å². The molecule has 0 unspecified atom stereocenters. The second-order valence-electron chi connectivity index (χ2n) is 3.00. The Bertz CT molecular complexity index is 364. The monoisotopic (exact) mass is 272 g/mol. The standard InChI is InChI=1S/C10H13BrN2O2/c1-3-13(4-2)9-8(10(14)15)5-7(11)6-12-9/h5-6H,3-4H2,1-2H3,(H,14,15). The van der Waals surface area contributed by atoms with E-state index < -0.39 is 5.97 Å². The van der Waals surface area contributed by atoms with Gasteiger partial charge in [-0.1, -0.05) is 0 Å². The second kappa shape index (κ2) is 5.11. The summed E-state index contributed by atoms with van der Waals surface area (Å²) in [4.78, 5) is 17.1. The molecule has 0 atom stereocenters. The highest BCUT2D eigenvalue weighted by molar-refractivity contribution is 9.10. The molecule has 0 saturated carbocycles. The first-order valence-electron chi connectivity index (χ1n) is 4.73. The molecule has 1 heterocycles. The van der Waals surface area contributed by atoms with E-state index in [-0.39, 0.29) is 5.56 Å². The van der Waals surface area contributed by atoms with Crippen LogP contribution in [-0.4, -0.2) is 29.1 Å². The molecule has 1 rings (SSSR count). The molecule has 0 aliphatic heterocycles. The molecule has 0 spiro atoms. The molecule has 82 valence electrons. The molecule has 5 heteroatoms. The van der Waals surface area contributed by atoms with Gasteiger partial charge in [0.2, 0.25) is 0 Å². The van der Waals surface area contributed by atoms with Crippen LogP contribution in [0.4, 0.5) is 5.82 Å². The largest absolute Gasteiger partial charge is 0.478 e. The molecule has 1 aromatic rings. The summed E-state index contributed by atoms with van der Waals surface area (Å²) >= 11 is 3.21. The Morgan fingerprint density at radius 1 is 1.53 bits per heavy atom. The Morgan fingerprint density at radius 3 is 2.60 bits per heavy atom. The van der Waals surface area contributed by atoms with Crippen molar-refractivity contribution < 1.29 is 9.90 Å². The lowest BCUT2D eigenvalue weighted by Crippen LogP contribution is -2.25. The molecular weight excluding hydrogens is 260 g/mol. The van der Waals surface area contributed by atoms with Crippen LogP contribution in [-0.2, 0) is 0 Å². The Hall–Kier alpha value is -1.10. The number of hydrogen-bond donors (Lipinski definition) is 1. The third kappa shape index (κ3) is 2.68. The van der Waals surface area contributed by atoms with Crippen molar-refractivity contribution in [2.24, 2.45) is 0 Å². The number of carboxylic acid groups (broad SMARTS) is 1. The predicted octanol–water partition coefficient (Wildman–Crippen LogP) is 2.39. The quantitative estimate of drug-likeness (QED) is 0.915. The molecule has 0 aliphatic rings. The summed E-state index contributed by atoms with van der Waals surface area (Å²) in [5.41, 5.74) is 0.230. The van der Waals surface area contributed by atoms with Crippen LogP contribution in [0.2, 0.25) is 0 Å². The normalized spacial score (nSPS) is 10.1. The molecule has 4 nitrogen and oxygen atoms in total. The fourth-order valence-electron chi connectivity index (χ4n) is 1.36. The second-order valence-corrected chi connectivity index (χ2v) is 3.92. The molecule has 1 aromatic heterocycles. The Balaban J connectivity index is 3.21. The first-order valence-corrected chi connectivity index (χ1v) is 5.53. The van der Waals surface area contributed by atoms with Crippen molar-refractivity contribution in [1.82, 2.24) is 4.98 Å². The van der Waals surface area contributed by atoms with Crippen LogP contribution in [0, 0.1) is 0 Å². The number of nitrogens with zero attached hydrogens (tertiary/aromatic N) is 2. The predicted molar refractivity (Wildman–Crippen MR) is 62.5 cm³/mol. The van der Waals surface area contributed by atoms with E-state index in [0.717, 1.165) is 13.1 Å². The van der Waals surface area contributed by atoms with E-state index in [1.165, 1.54) is 0 Å². The van der Waals surface area contributed by atoms with Gasteiger partial charge in [-0.2, -0.15) is 0 Å². The number of anilines is 1. The first-order chi connectivity index (χ1) is 7.10. The fraction of sp³-hybridized carbons (Fsp3) is 0.400. The smallest absolute Gasteiger partial charge is 0.339 e. The number of rotatable bonds is 4. The van der Waals surface area contributed by atoms with Gasteiger partial charge < -0.3 is 10.0 Å². The van der Waals surface area contributed by atoms with Crippen LogP contribution >= 0.6 is 15.9 Å². The van der Waals surface area contributed by atoms with Crippen molar-refractivity contribution >= 4 is 27.7 Å². The summed E-state index contributed by atoms with van der Waals surface area (Å²) in [5.74, 6) is -0.429. The number of aromatic carboxylic acids is 1. The lowest BCUT2D eigenvalue weighted by Gasteiger charge is -2.21. The van der Waals surface area contributed by atoms with Crippen LogP contribution in [0.5, 0.6) is 0 Å². The molecule has 1 N–H and O–H groups in total. The summed E-state index contributed by atoms with van der Waals surface area (Å²) < 4.78 is 0.677. The van der Waals surface area contributed by atoms with Gasteiger partial charge in [-0.3, -0.25) is 0 Å². The summed E-state index contributed by atoms with van der Waals surface area (Å²) in [7, 11) is 0. The van der Waals surface area contributed by atoms with E-state index in [0.29, 0.717) is 10.3 Å². The average Bonchev–Trinajstić information content (AvgIpc) is 2.21. The number of pyridine rings is 1. The maximum atomic E-state index is 11.0. The third-order valence-electron chi connectivity index (χ3n) is 2.13. The molecule has 0 amide bonds. The minimum absolute atomic E-state index is 0.230. The minimum Gasteiger partial charge on any atom is -0.478 e. The van der Waals surface area contributed by atoms with Gasteiger partial charge in [0.25, 0.3) is 0 Å². The van der Waals surface area contributed by atoms with Gasteiger partial charge in [-0.15, -0.1) is 0 Å². The SMILES string of the molecule is CCN(CC)c1ncc(Br)cc1C(=O)O. The zero-order valence-corrected chi connectivity index (χ0v) is 10.3. The summed E-state index contributed by atoms with van der Waals surface area (Å²) in [6.07, 6.45) is 1.61. The molecular formula is C10H13BrN2O2. The summed E-state index contributed by atoms with van der Waals surface area (Å²) in [6, 6.07) is 1.57. The highest BCUT2D eigenvalue weighted by atomic mass is 79.9. The Labute approximate surface area is 97.1 Å². The van der Waals surface area contributed by atoms with Crippen LogP contribution in [0.3, 0.4) is 0 Å². The average molecular weight is 273 g/mol. The van der Waals surface area contributed by atoms with Gasteiger partial charge in [-0.05, 0) is 35.8 Å². The lowest BCUT2D eigenvalue weighted by molar-refractivity contribution is 0.0697. The van der Waals surface area contributed by atoms with E-state index in [1.807, 2.05) is 18.7 Å². The molecule has 0 aliphatic carbocycles. The molecule has 0 bridgehead atoms. The highest BCUT2D eigenvalue weighted by Crippen LogP contribution is 2.21. The van der Waals surface area contributed by atoms with Gasteiger partial charge in [0.15, 0.2) is 0 Å². The topological polar surface area (TPSA) is 53.4 Å². The van der Waals surface area contributed by atoms with Crippen molar-refractivity contribution in [1.29, 1.82) is 0 Å². The fourth-order valence-corrected chi connectivity index (χ4v) is 1.70. The maximum Gasteiger partial charge on any atom is 0.339 e. The number of halogens is 1. The van der Waals surface area contributed by atoms with Crippen LogP contribution in [0.1, 0.15) is 24.2 Å². The van der Waals surface area contributed by atoms with Gasteiger partial charge in [0.1, 0.15) is 11.4 Å². The van der Waals surface area contributed by atoms with Gasteiger partial charge >= 0.3 is 5.97 Å². The van der Waals surface area contributed by atoms with Gasteiger partial charge in [-0.25, -0.2) is 9.78 Å². The number of aromatic nitrogens is 1. The third-order valence-corrected chi connectivity index (χ3v) is 2.56. The van der Waals surface area contributed by atoms with E-state index in [4.69, 9.17) is 5.11 Å². The van der Waals surface area contributed by atoms with Gasteiger partial charge in [0.05, 0.1) is 0 Å². The summed E-state index contributed by atoms with van der Waals surface area (Å²) in [5, 5.41) is 9.04. The summed E-state index contributed by atoms with van der Waals surface area (Å²) in [6.45, 7) is 5.43. The number of hydrogen-bond acceptors (Lipinski definition) is 3.